The smallest absolute Gasteiger partial charge is 0.407 e. The molecule has 1 atom stereocenters. The van der Waals surface area contributed by atoms with E-state index in [9.17, 15) is 9.59 Å². The van der Waals surface area contributed by atoms with Crippen LogP contribution in [0.15, 0.2) is 48.5 Å². The van der Waals surface area contributed by atoms with Crippen LogP contribution < -0.4 is 5.32 Å². The minimum absolute atomic E-state index is 0.0394. The summed E-state index contributed by atoms with van der Waals surface area (Å²) in [7, 11) is 0. The molecule has 0 saturated carbocycles. The summed E-state index contributed by atoms with van der Waals surface area (Å²) in [6, 6.07) is 15.4. The van der Waals surface area contributed by atoms with E-state index in [0.29, 0.717) is 12.8 Å². The van der Waals surface area contributed by atoms with E-state index in [2.05, 4.69) is 22.2 Å². The molecular weight excluding hydrogens is 342 g/mol. The third-order valence-corrected chi connectivity index (χ3v) is 4.74. The Bertz CT molecular complexity index is 858. The van der Waals surface area contributed by atoms with Crippen molar-refractivity contribution < 1.29 is 19.1 Å². The molecule has 1 N–H and O–H groups in total. The highest BCUT2D eigenvalue weighted by Crippen LogP contribution is 2.44. The Hall–Kier alpha value is -3.24. The highest BCUT2D eigenvalue weighted by Gasteiger charge is 2.29. The molecule has 3 rings (SSSR count). The molecule has 6 nitrogen and oxygen atoms in total. The number of alkyl carbamates (subject to hydrolysis) is 1. The first-order chi connectivity index (χ1) is 13.2. The second-order valence-electron chi connectivity index (χ2n) is 6.46. The van der Waals surface area contributed by atoms with Gasteiger partial charge in [-0.2, -0.15) is 4.79 Å². The molecule has 0 saturated heterocycles. The molecule has 27 heavy (non-hydrogen) atoms. The summed E-state index contributed by atoms with van der Waals surface area (Å²) >= 11 is 0. The van der Waals surface area contributed by atoms with Gasteiger partial charge in [0.15, 0.2) is 0 Å². The highest BCUT2D eigenvalue weighted by atomic mass is 16.5. The summed E-state index contributed by atoms with van der Waals surface area (Å²) in [6.07, 6.45) is 1.27. The van der Waals surface area contributed by atoms with Crippen molar-refractivity contribution >= 4 is 18.1 Å². The SMILES string of the molecule is CCC[C@@H](NC(=O)OCC1c2ccccc2-c2ccccc21)C(=O)C=[N+]=[N-]. The minimum Gasteiger partial charge on any atom is -0.449 e. The second kappa shape index (κ2) is 8.43. The van der Waals surface area contributed by atoms with Gasteiger partial charge in [0, 0.05) is 5.92 Å². The van der Waals surface area contributed by atoms with Gasteiger partial charge in [-0.15, -0.1) is 0 Å². The topological polar surface area (TPSA) is 91.8 Å². The summed E-state index contributed by atoms with van der Waals surface area (Å²) in [5, 5.41) is 2.56. The number of carbonyl (C=O) groups excluding carboxylic acids is 2. The monoisotopic (exact) mass is 363 g/mol. The molecule has 0 unspecified atom stereocenters. The first-order valence-corrected chi connectivity index (χ1v) is 8.98. The molecule has 0 heterocycles. The Morgan fingerprint density at radius 2 is 1.74 bits per heavy atom. The maximum atomic E-state index is 12.2. The average molecular weight is 363 g/mol. The molecular formula is C21H21N3O3. The molecule has 1 aliphatic carbocycles. The van der Waals surface area contributed by atoms with E-state index in [1.807, 2.05) is 43.3 Å². The number of benzene rings is 2. The number of amides is 1. The number of Topliss-reactive ketones (excluding diaryl/α,β-unsaturated/α-hetero) is 1. The summed E-state index contributed by atoms with van der Waals surface area (Å²) in [5.74, 6) is -0.504. The number of hydrogen-bond acceptors (Lipinski definition) is 3. The van der Waals surface area contributed by atoms with Crippen LogP contribution in [-0.4, -0.2) is 35.5 Å². The van der Waals surface area contributed by atoms with Gasteiger partial charge in [-0.1, -0.05) is 61.9 Å². The number of nitrogens with zero attached hydrogens (tertiary/aromatic N) is 2. The number of rotatable bonds is 7. The highest BCUT2D eigenvalue weighted by molar-refractivity contribution is 6.28. The van der Waals surface area contributed by atoms with E-state index in [4.69, 9.17) is 10.3 Å². The molecule has 0 aliphatic heterocycles. The van der Waals surface area contributed by atoms with Gasteiger partial charge in [0.25, 0.3) is 5.78 Å². The summed E-state index contributed by atoms with van der Waals surface area (Å²) < 4.78 is 5.44. The molecule has 0 fully saturated rings. The van der Waals surface area contributed by atoms with Crippen molar-refractivity contribution in [3.8, 4) is 11.1 Å². The Morgan fingerprint density at radius 3 is 2.30 bits per heavy atom. The number of fused-ring (bicyclic) bond motifs is 3. The molecule has 0 radical (unpaired) electrons. The number of nitrogens with one attached hydrogen (secondary N) is 1. The van der Waals surface area contributed by atoms with E-state index in [-0.39, 0.29) is 12.5 Å². The fraction of sp³-hybridized carbons (Fsp3) is 0.286. The van der Waals surface area contributed by atoms with Gasteiger partial charge >= 0.3 is 12.3 Å². The van der Waals surface area contributed by atoms with Gasteiger partial charge in [-0.25, -0.2) is 4.79 Å². The minimum atomic E-state index is -0.762. The first kappa shape index (κ1) is 18.5. The summed E-state index contributed by atoms with van der Waals surface area (Å²) in [5.41, 5.74) is 13.1. The molecule has 6 heteroatoms. The van der Waals surface area contributed by atoms with Gasteiger partial charge < -0.3 is 15.6 Å². The predicted octanol–water partition coefficient (Wildman–Crippen LogP) is 3.56. The fourth-order valence-corrected chi connectivity index (χ4v) is 3.50. The molecule has 138 valence electrons. The lowest BCUT2D eigenvalue weighted by atomic mass is 9.98. The van der Waals surface area contributed by atoms with E-state index in [1.54, 1.807) is 0 Å². The zero-order chi connectivity index (χ0) is 19.2. The van der Waals surface area contributed by atoms with Crippen molar-refractivity contribution in [1.82, 2.24) is 5.32 Å². The molecule has 2 aromatic rings. The standard InChI is InChI=1S/C21H21N3O3/c1-2-7-19(20(25)12-23-22)24-21(26)27-13-18-16-10-5-3-8-14(16)15-9-4-6-11-17(15)18/h3-6,8-12,18-19H,2,7,13H2,1H3,(H,24,26)/t19-/m1/s1. The molecule has 0 spiro atoms. The third-order valence-electron chi connectivity index (χ3n) is 4.74. The molecule has 0 bridgehead atoms. The maximum Gasteiger partial charge on any atom is 0.407 e. The Kier molecular flexibility index (Phi) is 5.79. The lowest BCUT2D eigenvalue weighted by Crippen LogP contribution is -2.42. The predicted molar refractivity (Wildman–Crippen MR) is 102 cm³/mol. The maximum absolute atomic E-state index is 12.2. The van der Waals surface area contributed by atoms with Crippen LogP contribution in [0.4, 0.5) is 4.79 Å². The zero-order valence-electron chi connectivity index (χ0n) is 15.1. The van der Waals surface area contributed by atoms with Crippen LogP contribution in [0.5, 0.6) is 0 Å². The molecule has 2 aromatic carbocycles. The van der Waals surface area contributed by atoms with E-state index in [1.165, 1.54) is 0 Å². The Balaban J connectivity index is 1.70. The summed E-state index contributed by atoms with van der Waals surface area (Å²) in [4.78, 5) is 26.8. The third kappa shape index (κ3) is 3.96. The average Bonchev–Trinajstić information content (AvgIpc) is 3.00. The van der Waals surface area contributed by atoms with Crippen LogP contribution >= 0.6 is 0 Å². The molecule has 1 aliphatic rings. The second-order valence-corrected chi connectivity index (χ2v) is 6.46. The fourth-order valence-electron chi connectivity index (χ4n) is 3.50. The Morgan fingerprint density at radius 1 is 1.15 bits per heavy atom. The lowest BCUT2D eigenvalue weighted by Gasteiger charge is -2.17. The van der Waals surface area contributed by atoms with Gasteiger partial charge in [-0.05, 0) is 28.7 Å². The van der Waals surface area contributed by atoms with Crippen molar-refractivity contribution in [3.63, 3.8) is 0 Å². The van der Waals surface area contributed by atoms with E-state index < -0.39 is 17.9 Å². The van der Waals surface area contributed by atoms with Gasteiger partial charge in [-0.3, -0.25) is 4.79 Å². The normalized spacial score (nSPS) is 13.1. The molecule has 0 aromatic heterocycles. The number of ketones is 1. The number of carbonyl (C=O) groups is 2. The van der Waals surface area contributed by atoms with Gasteiger partial charge in [0.05, 0.1) is 0 Å². The van der Waals surface area contributed by atoms with E-state index >= 15 is 0 Å². The Labute approximate surface area is 157 Å². The largest absolute Gasteiger partial charge is 0.449 e. The van der Waals surface area contributed by atoms with Crippen molar-refractivity contribution in [1.29, 1.82) is 0 Å². The van der Waals surface area contributed by atoms with E-state index in [0.717, 1.165) is 28.5 Å². The lowest BCUT2D eigenvalue weighted by molar-refractivity contribution is -0.118. The van der Waals surface area contributed by atoms with Crippen molar-refractivity contribution in [3.05, 3.63) is 65.2 Å². The van der Waals surface area contributed by atoms with Crippen LogP contribution in [0.1, 0.15) is 36.8 Å². The zero-order valence-corrected chi connectivity index (χ0v) is 15.1. The van der Waals surface area contributed by atoms with Crippen molar-refractivity contribution in [2.24, 2.45) is 0 Å². The van der Waals surface area contributed by atoms with Crippen molar-refractivity contribution in [2.75, 3.05) is 6.61 Å². The quantitative estimate of drug-likeness (QED) is 0.463. The van der Waals surface area contributed by atoms with Crippen LogP contribution in [0.25, 0.3) is 16.7 Å². The molecule has 1 amide bonds. The van der Waals surface area contributed by atoms with Crippen LogP contribution in [0.3, 0.4) is 0 Å². The van der Waals surface area contributed by atoms with Crippen molar-refractivity contribution in [2.45, 2.75) is 31.7 Å². The van der Waals surface area contributed by atoms with Crippen LogP contribution in [0.2, 0.25) is 0 Å². The van der Waals surface area contributed by atoms with Gasteiger partial charge in [0.2, 0.25) is 0 Å². The number of hydrogen-bond donors (Lipinski definition) is 1. The van der Waals surface area contributed by atoms with Gasteiger partial charge in [0.1, 0.15) is 12.6 Å². The number of ether oxygens (including phenoxy) is 1. The summed E-state index contributed by atoms with van der Waals surface area (Å²) in [6.45, 7) is 2.08. The van der Waals surface area contributed by atoms with Crippen LogP contribution in [0, 0.1) is 0 Å². The van der Waals surface area contributed by atoms with Crippen LogP contribution in [-0.2, 0) is 9.53 Å². The first-order valence-electron chi connectivity index (χ1n) is 8.98.